The number of aryl methyl sites for hydroxylation is 1. The van der Waals surface area contributed by atoms with E-state index in [9.17, 15) is 0 Å². The van der Waals surface area contributed by atoms with Crippen LogP contribution in [0.1, 0.15) is 29.7 Å². The fourth-order valence-electron chi connectivity index (χ4n) is 2.30. The van der Waals surface area contributed by atoms with Crippen LogP contribution in [0.4, 0.5) is 0 Å². The van der Waals surface area contributed by atoms with Gasteiger partial charge in [0.15, 0.2) is 0 Å². The van der Waals surface area contributed by atoms with Gasteiger partial charge in [0, 0.05) is 10.5 Å². The van der Waals surface area contributed by atoms with Crippen molar-refractivity contribution in [2.24, 2.45) is 0 Å². The first-order chi connectivity index (χ1) is 9.65. The van der Waals surface area contributed by atoms with E-state index in [0.29, 0.717) is 0 Å². The molecule has 106 valence electrons. The van der Waals surface area contributed by atoms with Crippen molar-refractivity contribution in [3.8, 4) is 0 Å². The van der Waals surface area contributed by atoms with E-state index in [2.05, 4.69) is 58.5 Å². The van der Waals surface area contributed by atoms with Crippen LogP contribution in [-0.2, 0) is 12.8 Å². The lowest BCUT2D eigenvalue weighted by molar-refractivity contribution is 0.592. The molecule has 0 aliphatic carbocycles. The molecule has 2 aromatic carbocycles. The van der Waals surface area contributed by atoms with Gasteiger partial charge < -0.3 is 5.32 Å². The molecule has 0 fully saturated rings. The zero-order valence-electron chi connectivity index (χ0n) is 11.8. The Morgan fingerprint density at radius 2 is 1.75 bits per heavy atom. The van der Waals surface area contributed by atoms with Crippen LogP contribution in [0.15, 0.2) is 46.9 Å². The molecule has 0 saturated carbocycles. The van der Waals surface area contributed by atoms with Gasteiger partial charge >= 0.3 is 0 Å². The SMILES string of the molecule is CCc1ccc(CC(NC)c2cccc(Br)c2Cl)cc1. The van der Waals surface area contributed by atoms with Crippen LogP contribution in [0.5, 0.6) is 0 Å². The van der Waals surface area contributed by atoms with Gasteiger partial charge in [-0.25, -0.2) is 0 Å². The Hall–Kier alpha value is -0.830. The van der Waals surface area contributed by atoms with Gasteiger partial charge in [0.1, 0.15) is 0 Å². The number of likely N-dealkylation sites (N-methyl/N-ethyl adjacent to an activating group) is 1. The van der Waals surface area contributed by atoms with Crippen molar-refractivity contribution >= 4 is 27.5 Å². The van der Waals surface area contributed by atoms with Crippen molar-refractivity contribution in [3.05, 3.63) is 68.7 Å². The van der Waals surface area contributed by atoms with Crippen molar-refractivity contribution in [1.82, 2.24) is 5.32 Å². The number of hydrogen-bond acceptors (Lipinski definition) is 1. The highest BCUT2D eigenvalue weighted by Crippen LogP contribution is 2.31. The first kappa shape index (κ1) is 15.6. The maximum atomic E-state index is 6.39. The smallest absolute Gasteiger partial charge is 0.0595 e. The summed E-state index contributed by atoms with van der Waals surface area (Å²) in [6, 6.07) is 15.1. The van der Waals surface area contributed by atoms with E-state index < -0.39 is 0 Å². The quantitative estimate of drug-likeness (QED) is 0.783. The van der Waals surface area contributed by atoms with Crippen LogP contribution in [0.2, 0.25) is 5.02 Å². The average Bonchev–Trinajstić information content (AvgIpc) is 2.48. The summed E-state index contributed by atoms with van der Waals surface area (Å²) in [5, 5.41) is 4.15. The molecule has 0 aromatic heterocycles. The van der Waals surface area contributed by atoms with Crippen LogP contribution >= 0.6 is 27.5 Å². The van der Waals surface area contributed by atoms with E-state index in [1.807, 2.05) is 19.2 Å². The molecule has 1 N–H and O–H groups in total. The largest absolute Gasteiger partial charge is 0.313 e. The summed E-state index contributed by atoms with van der Waals surface area (Å²) in [7, 11) is 1.97. The normalized spacial score (nSPS) is 12.4. The van der Waals surface area contributed by atoms with Gasteiger partial charge in [-0.05, 0) is 58.6 Å². The summed E-state index contributed by atoms with van der Waals surface area (Å²) in [5.74, 6) is 0. The Morgan fingerprint density at radius 3 is 2.35 bits per heavy atom. The van der Waals surface area contributed by atoms with Crippen LogP contribution in [0.3, 0.4) is 0 Å². The Kier molecular flexibility index (Phi) is 5.64. The van der Waals surface area contributed by atoms with Gasteiger partial charge in [-0.15, -0.1) is 0 Å². The molecule has 0 heterocycles. The lowest BCUT2D eigenvalue weighted by atomic mass is 9.98. The van der Waals surface area contributed by atoms with Crippen LogP contribution in [-0.4, -0.2) is 7.05 Å². The minimum atomic E-state index is 0.215. The molecule has 0 aliphatic rings. The Bertz CT molecular complexity index is 566. The summed E-state index contributed by atoms with van der Waals surface area (Å²) in [5.41, 5.74) is 3.82. The third kappa shape index (κ3) is 3.63. The molecule has 2 rings (SSSR count). The van der Waals surface area contributed by atoms with E-state index in [1.165, 1.54) is 11.1 Å². The summed E-state index contributed by atoms with van der Waals surface area (Å²) in [4.78, 5) is 0. The summed E-state index contributed by atoms with van der Waals surface area (Å²) in [6.07, 6.45) is 2.00. The van der Waals surface area contributed by atoms with E-state index in [4.69, 9.17) is 11.6 Å². The maximum absolute atomic E-state index is 6.39. The highest BCUT2D eigenvalue weighted by atomic mass is 79.9. The molecule has 0 bridgehead atoms. The van der Waals surface area contributed by atoms with Gasteiger partial charge in [0.05, 0.1) is 5.02 Å². The van der Waals surface area contributed by atoms with E-state index >= 15 is 0 Å². The number of rotatable bonds is 5. The molecule has 0 radical (unpaired) electrons. The molecule has 1 atom stereocenters. The van der Waals surface area contributed by atoms with Crippen molar-refractivity contribution < 1.29 is 0 Å². The number of nitrogens with one attached hydrogen (secondary N) is 1. The second kappa shape index (κ2) is 7.26. The Balaban J connectivity index is 2.21. The minimum Gasteiger partial charge on any atom is -0.313 e. The van der Waals surface area contributed by atoms with E-state index in [0.717, 1.165) is 27.9 Å². The molecule has 0 saturated heterocycles. The fourth-order valence-corrected chi connectivity index (χ4v) is 2.94. The average molecular weight is 353 g/mol. The van der Waals surface area contributed by atoms with Crippen molar-refractivity contribution in [1.29, 1.82) is 0 Å². The van der Waals surface area contributed by atoms with Gasteiger partial charge in [-0.3, -0.25) is 0 Å². The number of hydrogen-bond donors (Lipinski definition) is 1. The fraction of sp³-hybridized carbons (Fsp3) is 0.294. The molecule has 3 heteroatoms. The Morgan fingerprint density at radius 1 is 1.10 bits per heavy atom. The zero-order valence-corrected chi connectivity index (χ0v) is 14.1. The first-order valence-electron chi connectivity index (χ1n) is 6.84. The topological polar surface area (TPSA) is 12.0 Å². The first-order valence-corrected chi connectivity index (χ1v) is 8.01. The molecule has 0 amide bonds. The second-order valence-electron chi connectivity index (χ2n) is 4.86. The highest BCUT2D eigenvalue weighted by molar-refractivity contribution is 9.10. The predicted molar refractivity (Wildman–Crippen MR) is 90.5 cm³/mol. The van der Waals surface area contributed by atoms with Crippen molar-refractivity contribution in [2.45, 2.75) is 25.8 Å². The standard InChI is InChI=1S/C17H19BrClN/c1-3-12-7-9-13(10-8-12)11-16(20-2)14-5-4-6-15(18)17(14)19/h4-10,16,20H,3,11H2,1-2H3. The van der Waals surface area contributed by atoms with Gasteiger partial charge in [0.2, 0.25) is 0 Å². The number of halogens is 2. The lowest BCUT2D eigenvalue weighted by Gasteiger charge is -2.19. The molecule has 20 heavy (non-hydrogen) atoms. The summed E-state index contributed by atoms with van der Waals surface area (Å²) in [6.45, 7) is 2.17. The van der Waals surface area contributed by atoms with Crippen LogP contribution in [0.25, 0.3) is 0 Å². The molecule has 0 spiro atoms. The van der Waals surface area contributed by atoms with Crippen molar-refractivity contribution in [3.63, 3.8) is 0 Å². The van der Waals surface area contributed by atoms with Crippen LogP contribution < -0.4 is 5.32 Å². The molecule has 1 unspecified atom stereocenters. The minimum absolute atomic E-state index is 0.215. The molecule has 0 aliphatic heterocycles. The lowest BCUT2D eigenvalue weighted by Crippen LogP contribution is -2.19. The van der Waals surface area contributed by atoms with Gasteiger partial charge in [0.25, 0.3) is 0 Å². The number of benzene rings is 2. The molecular weight excluding hydrogens is 334 g/mol. The van der Waals surface area contributed by atoms with Gasteiger partial charge in [-0.1, -0.05) is 54.9 Å². The van der Waals surface area contributed by atoms with Crippen molar-refractivity contribution in [2.75, 3.05) is 7.05 Å². The highest BCUT2D eigenvalue weighted by Gasteiger charge is 2.15. The molecular formula is C17H19BrClN. The molecule has 2 aromatic rings. The monoisotopic (exact) mass is 351 g/mol. The van der Waals surface area contributed by atoms with Gasteiger partial charge in [-0.2, -0.15) is 0 Å². The third-order valence-corrected chi connectivity index (χ3v) is 4.89. The second-order valence-corrected chi connectivity index (χ2v) is 6.09. The molecule has 1 nitrogen and oxygen atoms in total. The van der Waals surface area contributed by atoms with E-state index in [-0.39, 0.29) is 6.04 Å². The Labute approximate surface area is 134 Å². The predicted octanol–water partition coefficient (Wildman–Crippen LogP) is 5.17. The van der Waals surface area contributed by atoms with E-state index in [1.54, 1.807) is 0 Å². The maximum Gasteiger partial charge on any atom is 0.0595 e. The van der Waals surface area contributed by atoms with Crippen LogP contribution in [0, 0.1) is 0 Å². The zero-order chi connectivity index (χ0) is 14.5. The summed E-state index contributed by atoms with van der Waals surface area (Å²) < 4.78 is 0.943. The third-order valence-electron chi connectivity index (χ3n) is 3.58. The summed E-state index contributed by atoms with van der Waals surface area (Å²) >= 11 is 9.88.